The minimum Gasteiger partial charge on any atom is -0.496 e. The molecule has 6 heteroatoms. The lowest BCUT2D eigenvalue weighted by molar-refractivity contribution is -0.113. The molecule has 2 aromatic rings. The van der Waals surface area contributed by atoms with E-state index >= 15 is 0 Å². The van der Waals surface area contributed by atoms with Crippen LogP contribution in [-0.4, -0.2) is 18.3 Å². The first-order valence-corrected chi connectivity index (χ1v) is 8.37. The van der Waals surface area contributed by atoms with Crippen LogP contribution in [0.3, 0.4) is 0 Å². The minimum atomic E-state index is -0.347. The van der Waals surface area contributed by atoms with Crippen molar-refractivity contribution in [2.24, 2.45) is 0 Å². The van der Waals surface area contributed by atoms with E-state index in [0.29, 0.717) is 15.6 Å². The van der Waals surface area contributed by atoms with Gasteiger partial charge in [0.1, 0.15) is 5.75 Å². The molecule has 0 atom stereocenters. The Kier molecular flexibility index (Phi) is 4.64. The number of nitrogens with zero attached hydrogens (tertiary/aromatic N) is 1. The van der Waals surface area contributed by atoms with Crippen molar-refractivity contribution in [1.29, 1.82) is 0 Å². The minimum absolute atomic E-state index is 0.334. The zero-order valence-electron chi connectivity index (χ0n) is 13.1. The maximum Gasteiger partial charge on any atom is 0.298 e. The summed E-state index contributed by atoms with van der Waals surface area (Å²) in [5.74, 6) is 0.430. The van der Waals surface area contributed by atoms with Gasteiger partial charge >= 0.3 is 0 Å². The number of methoxy groups -OCH3 is 1. The van der Waals surface area contributed by atoms with Crippen LogP contribution in [0.4, 0.5) is 10.5 Å². The highest BCUT2D eigenvalue weighted by Crippen LogP contribution is 2.36. The third kappa shape index (κ3) is 3.18. The number of anilines is 1. The van der Waals surface area contributed by atoms with Crippen LogP contribution in [0.25, 0.3) is 6.08 Å². The average molecular weight is 360 g/mol. The predicted octanol–water partition coefficient (Wildman–Crippen LogP) is 4.90. The molecule has 3 rings (SSSR count). The number of rotatable bonds is 3. The maximum atomic E-state index is 12.6. The third-order valence-electron chi connectivity index (χ3n) is 3.58. The van der Waals surface area contributed by atoms with Crippen molar-refractivity contribution in [3.8, 4) is 5.75 Å². The number of aryl methyl sites for hydroxylation is 1. The number of ether oxygens (including phenoxy) is 1. The molecule has 2 aromatic carbocycles. The van der Waals surface area contributed by atoms with Crippen molar-refractivity contribution in [1.82, 2.24) is 0 Å². The van der Waals surface area contributed by atoms with Crippen LogP contribution in [0.5, 0.6) is 5.75 Å². The molecule has 0 aromatic heterocycles. The topological polar surface area (TPSA) is 46.6 Å². The highest BCUT2D eigenvalue weighted by atomic mass is 35.5. The van der Waals surface area contributed by atoms with Gasteiger partial charge in [-0.3, -0.25) is 9.59 Å². The van der Waals surface area contributed by atoms with E-state index in [9.17, 15) is 9.59 Å². The first-order chi connectivity index (χ1) is 11.5. The lowest BCUT2D eigenvalue weighted by Gasteiger charge is -2.12. The van der Waals surface area contributed by atoms with Crippen LogP contribution in [-0.2, 0) is 4.79 Å². The Morgan fingerprint density at radius 3 is 2.62 bits per heavy atom. The number of imide groups is 1. The number of benzene rings is 2. The molecule has 0 spiro atoms. The van der Waals surface area contributed by atoms with Crippen LogP contribution >= 0.6 is 23.4 Å². The van der Waals surface area contributed by atoms with Crippen LogP contribution in [0.15, 0.2) is 47.4 Å². The average Bonchev–Trinajstić information content (AvgIpc) is 2.81. The lowest BCUT2D eigenvalue weighted by atomic mass is 10.1. The number of hydrogen-bond acceptors (Lipinski definition) is 4. The van der Waals surface area contributed by atoms with Gasteiger partial charge in [0.25, 0.3) is 11.1 Å². The standard InChI is InChI=1S/C18H14ClNO3S/c1-11-8-12(6-7-15(11)23-2)9-16-17(21)20(18(22)24-16)14-5-3-4-13(19)10-14/h3-10H,1-2H3/b16-9+. The summed E-state index contributed by atoms with van der Waals surface area (Å²) >= 11 is 6.87. The molecule has 122 valence electrons. The Bertz CT molecular complexity index is 863. The van der Waals surface area contributed by atoms with Gasteiger partial charge in [-0.1, -0.05) is 23.7 Å². The van der Waals surface area contributed by atoms with Crippen molar-refractivity contribution in [2.45, 2.75) is 6.92 Å². The highest BCUT2D eigenvalue weighted by Gasteiger charge is 2.36. The van der Waals surface area contributed by atoms with Gasteiger partial charge in [-0.05, 0) is 66.2 Å². The summed E-state index contributed by atoms with van der Waals surface area (Å²) in [6, 6.07) is 12.3. The summed E-state index contributed by atoms with van der Waals surface area (Å²) in [5, 5.41) is 0.139. The first kappa shape index (κ1) is 16.6. The van der Waals surface area contributed by atoms with Gasteiger partial charge in [0.15, 0.2) is 0 Å². The smallest absolute Gasteiger partial charge is 0.298 e. The third-order valence-corrected chi connectivity index (χ3v) is 4.68. The Morgan fingerprint density at radius 1 is 1.17 bits per heavy atom. The van der Waals surface area contributed by atoms with E-state index in [1.54, 1.807) is 37.5 Å². The van der Waals surface area contributed by atoms with Gasteiger partial charge in [0, 0.05) is 5.02 Å². The van der Waals surface area contributed by atoms with E-state index in [1.165, 1.54) is 0 Å². The largest absolute Gasteiger partial charge is 0.496 e. The lowest BCUT2D eigenvalue weighted by Crippen LogP contribution is -2.27. The summed E-state index contributed by atoms with van der Waals surface area (Å²) in [6.07, 6.45) is 1.71. The second-order valence-corrected chi connectivity index (χ2v) is 6.66. The zero-order valence-corrected chi connectivity index (χ0v) is 14.6. The fourth-order valence-electron chi connectivity index (χ4n) is 2.45. The van der Waals surface area contributed by atoms with Gasteiger partial charge in [-0.15, -0.1) is 0 Å². The number of hydrogen-bond donors (Lipinski definition) is 0. The molecule has 1 fully saturated rings. The van der Waals surface area contributed by atoms with Gasteiger partial charge in [0.2, 0.25) is 0 Å². The molecule has 1 aliphatic heterocycles. The molecule has 1 aliphatic rings. The van der Waals surface area contributed by atoms with E-state index in [1.807, 2.05) is 25.1 Å². The van der Waals surface area contributed by atoms with Gasteiger partial charge in [-0.25, -0.2) is 4.90 Å². The summed E-state index contributed by atoms with van der Waals surface area (Å²) < 4.78 is 5.23. The number of amides is 2. The molecule has 2 amide bonds. The number of carbonyl (C=O) groups is 2. The summed E-state index contributed by atoms with van der Waals surface area (Å²) in [4.78, 5) is 26.3. The molecular weight excluding hydrogens is 346 g/mol. The second-order valence-electron chi connectivity index (χ2n) is 5.23. The molecule has 24 heavy (non-hydrogen) atoms. The predicted molar refractivity (Wildman–Crippen MR) is 97.6 cm³/mol. The number of halogens is 1. The summed E-state index contributed by atoms with van der Waals surface area (Å²) in [7, 11) is 1.61. The van der Waals surface area contributed by atoms with Crippen LogP contribution in [0.2, 0.25) is 5.02 Å². The van der Waals surface area contributed by atoms with Crippen molar-refractivity contribution >= 4 is 46.3 Å². The van der Waals surface area contributed by atoms with E-state index in [-0.39, 0.29) is 11.1 Å². The molecule has 0 unspecified atom stereocenters. The van der Waals surface area contributed by atoms with E-state index in [2.05, 4.69) is 0 Å². The zero-order chi connectivity index (χ0) is 17.3. The highest BCUT2D eigenvalue weighted by molar-refractivity contribution is 8.19. The van der Waals surface area contributed by atoms with Crippen LogP contribution in [0, 0.1) is 6.92 Å². The number of carbonyl (C=O) groups excluding carboxylic acids is 2. The fraction of sp³-hybridized carbons (Fsp3) is 0.111. The molecule has 4 nitrogen and oxygen atoms in total. The quantitative estimate of drug-likeness (QED) is 0.731. The SMILES string of the molecule is COc1ccc(/C=C2/SC(=O)N(c3cccc(Cl)c3)C2=O)cc1C. The van der Waals surface area contributed by atoms with E-state index in [0.717, 1.165) is 33.5 Å². The van der Waals surface area contributed by atoms with Crippen LogP contribution in [0.1, 0.15) is 11.1 Å². The van der Waals surface area contributed by atoms with Crippen molar-refractivity contribution < 1.29 is 14.3 Å². The Morgan fingerprint density at radius 2 is 1.96 bits per heavy atom. The Balaban J connectivity index is 1.92. The fourth-order valence-corrected chi connectivity index (χ4v) is 3.47. The summed E-state index contributed by atoms with van der Waals surface area (Å²) in [6.45, 7) is 1.92. The molecule has 0 N–H and O–H groups in total. The molecule has 0 saturated carbocycles. The molecular formula is C18H14ClNO3S. The summed E-state index contributed by atoms with van der Waals surface area (Å²) in [5.41, 5.74) is 2.27. The first-order valence-electron chi connectivity index (χ1n) is 7.18. The molecule has 1 heterocycles. The Hall–Kier alpha value is -2.24. The van der Waals surface area contributed by atoms with E-state index in [4.69, 9.17) is 16.3 Å². The van der Waals surface area contributed by atoms with Gasteiger partial charge in [0.05, 0.1) is 17.7 Å². The maximum absolute atomic E-state index is 12.6. The molecule has 1 saturated heterocycles. The molecule has 0 bridgehead atoms. The van der Waals surface area contributed by atoms with Crippen molar-refractivity contribution in [2.75, 3.05) is 12.0 Å². The van der Waals surface area contributed by atoms with Crippen molar-refractivity contribution in [3.63, 3.8) is 0 Å². The van der Waals surface area contributed by atoms with Gasteiger partial charge < -0.3 is 4.74 Å². The molecule has 0 aliphatic carbocycles. The van der Waals surface area contributed by atoms with Gasteiger partial charge in [-0.2, -0.15) is 0 Å². The molecule has 0 radical (unpaired) electrons. The normalized spacial score (nSPS) is 16.1. The second kappa shape index (κ2) is 6.71. The Labute approximate surface area is 149 Å². The number of thioether (sulfide) groups is 1. The van der Waals surface area contributed by atoms with Crippen molar-refractivity contribution in [3.05, 3.63) is 63.5 Å². The monoisotopic (exact) mass is 359 g/mol. The van der Waals surface area contributed by atoms with E-state index < -0.39 is 0 Å². The van der Waals surface area contributed by atoms with Crippen LogP contribution < -0.4 is 9.64 Å².